The molecule has 0 aliphatic heterocycles. The zero-order valence-corrected chi connectivity index (χ0v) is 9.02. The molecule has 0 aliphatic carbocycles. The third-order valence-electron chi connectivity index (χ3n) is 2.43. The van der Waals surface area contributed by atoms with E-state index >= 15 is 0 Å². The minimum Gasteiger partial charge on any atom is -0.465 e. The first-order valence-corrected chi connectivity index (χ1v) is 4.77. The van der Waals surface area contributed by atoms with Crippen molar-refractivity contribution in [3.05, 3.63) is 41.2 Å². The second kappa shape index (κ2) is 3.70. The minimum atomic E-state index is -0.428. The van der Waals surface area contributed by atoms with E-state index in [0.717, 1.165) is 5.56 Å². The van der Waals surface area contributed by atoms with Crippen LogP contribution in [0, 0.1) is 18.3 Å². The maximum absolute atomic E-state index is 11.5. The van der Waals surface area contributed by atoms with Crippen LogP contribution >= 0.6 is 0 Å². The number of fused-ring (bicyclic) bond motifs is 1. The number of aromatic nitrogens is 1. The Morgan fingerprint density at radius 3 is 2.88 bits per heavy atom. The van der Waals surface area contributed by atoms with Crippen LogP contribution in [0.2, 0.25) is 0 Å². The molecule has 0 bridgehead atoms. The number of carbonyl (C=O) groups excluding carboxylic acids is 1. The van der Waals surface area contributed by atoms with Gasteiger partial charge >= 0.3 is 5.97 Å². The number of hydrogen-bond acceptors (Lipinski definition) is 3. The topological polar surface area (TPSA) is 54.5 Å². The van der Waals surface area contributed by atoms with Gasteiger partial charge in [-0.2, -0.15) is 5.26 Å². The number of rotatable bonds is 1. The molecule has 0 unspecified atom stereocenters. The summed E-state index contributed by atoms with van der Waals surface area (Å²) in [6.45, 7) is 1.93. The number of carbonyl (C=O) groups is 1. The summed E-state index contributed by atoms with van der Waals surface area (Å²) in [5.41, 5.74) is 2.56. The second-order valence-corrected chi connectivity index (χ2v) is 3.51. The summed E-state index contributed by atoms with van der Waals surface area (Å²) >= 11 is 0. The maximum atomic E-state index is 11.5. The Morgan fingerprint density at radius 2 is 2.25 bits per heavy atom. The van der Waals surface area contributed by atoms with Gasteiger partial charge in [0.2, 0.25) is 0 Å². The molecule has 2 aromatic rings. The Hall–Kier alpha value is -2.28. The van der Waals surface area contributed by atoms with Gasteiger partial charge in [-0.15, -0.1) is 0 Å². The Bertz CT molecular complexity index is 605. The van der Waals surface area contributed by atoms with Crippen LogP contribution in [0.1, 0.15) is 21.6 Å². The zero-order chi connectivity index (χ0) is 11.7. The summed E-state index contributed by atoms with van der Waals surface area (Å²) < 4.78 is 6.37. The van der Waals surface area contributed by atoms with Crippen molar-refractivity contribution in [3.8, 4) is 6.07 Å². The number of ether oxygens (including phenoxy) is 1. The van der Waals surface area contributed by atoms with Crippen LogP contribution in [-0.4, -0.2) is 17.5 Å². The van der Waals surface area contributed by atoms with Gasteiger partial charge in [0.15, 0.2) is 0 Å². The van der Waals surface area contributed by atoms with E-state index in [-0.39, 0.29) is 0 Å². The molecular formula is C12H10N2O2. The van der Waals surface area contributed by atoms with Crippen LogP contribution < -0.4 is 0 Å². The minimum absolute atomic E-state index is 0.416. The van der Waals surface area contributed by atoms with Crippen molar-refractivity contribution < 1.29 is 9.53 Å². The van der Waals surface area contributed by atoms with E-state index in [1.54, 1.807) is 10.5 Å². The third kappa shape index (κ3) is 1.43. The Labute approximate surface area is 92.7 Å². The molecule has 2 aromatic heterocycles. The first kappa shape index (κ1) is 10.2. The normalized spacial score (nSPS) is 10.1. The van der Waals surface area contributed by atoms with Crippen molar-refractivity contribution in [2.75, 3.05) is 7.11 Å². The van der Waals surface area contributed by atoms with Crippen molar-refractivity contribution >= 4 is 11.5 Å². The van der Waals surface area contributed by atoms with E-state index in [9.17, 15) is 4.79 Å². The summed E-state index contributed by atoms with van der Waals surface area (Å²) in [6, 6.07) is 7.29. The molecule has 0 saturated heterocycles. The number of esters is 1. The predicted molar refractivity (Wildman–Crippen MR) is 58.2 cm³/mol. The molecular weight excluding hydrogens is 204 g/mol. The van der Waals surface area contributed by atoms with E-state index < -0.39 is 5.97 Å². The van der Waals surface area contributed by atoms with Crippen molar-refractivity contribution in [2.24, 2.45) is 0 Å². The number of pyridine rings is 1. The molecule has 0 amide bonds. The molecule has 4 nitrogen and oxygen atoms in total. The molecule has 0 aliphatic rings. The molecule has 0 saturated carbocycles. The van der Waals surface area contributed by atoms with E-state index in [0.29, 0.717) is 16.8 Å². The Balaban J connectivity index is 2.79. The van der Waals surface area contributed by atoms with E-state index in [1.807, 2.05) is 25.3 Å². The molecule has 4 heteroatoms. The lowest BCUT2D eigenvalue weighted by Gasteiger charge is -2.00. The smallest absolute Gasteiger partial charge is 0.340 e. The molecule has 2 rings (SSSR count). The average Bonchev–Trinajstić information content (AvgIpc) is 2.66. The van der Waals surface area contributed by atoms with Gasteiger partial charge in [-0.25, -0.2) is 4.79 Å². The van der Waals surface area contributed by atoms with Gasteiger partial charge in [0.1, 0.15) is 11.8 Å². The van der Waals surface area contributed by atoms with Crippen LogP contribution in [0.5, 0.6) is 0 Å². The number of aryl methyl sites for hydroxylation is 1. The highest BCUT2D eigenvalue weighted by atomic mass is 16.5. The largest absolute Gasteiger partial charge is 0.465 e. The van der Waals surface area contributed by atoms with Gasteiger partial charge in [-0.3, -0.25) is 0 Å². The van der Waals surface area contributed by atoms with Crippen LogP contribution in [0.25, 0.3) is 5.52 Å². The van der Waals surface area contributed by atoms with Crippen molar-refractivity contribution in [2.45, 2.75) is 6.92 Å². The molecule has 16 heavy (non-hydrogen) atoms. The lowest BCUT2D eigenvalue weighted by molar-refractivity contribution is 0.0603. The molecule has 0 fully saturated rings. The average molecular weight is 214 g/mol. The number of methoxy groups -OCH3 is 1. The Morgan fingerprint density at radius 1 is 1.50 bits per heavy atom. The van der Waals surface area contributed by atoms with Gasteiger partial charge in [0.25, 0.3) is 0 Å². The van der Waals surface area contributed by atoms with Crippen LogP contribution in [-0.2, 0) is 4.74 Å². The van der Waals surface area contributed by atoms with E-state index in [1.165, 1.54) is 7.11 Å². The van der Waals surface area contributed by atoms with Crippen molar-refractivity contribution in [3.63, 3.8) is 0 Å². The molecule has 0 radical (unpaired) electrons. The predicted octanol–water partition coefficient (Wildman–Crippen LogP) is 1.91. The van der Waals surface area contributed by atoms with Crippen molar-refractivity contribution in [1.29, 1.82) is 5.26 Å². The first-order chi connectivity index (χ1) is 7.67. The molecule has 0 spiro atoms. The highest BCUT2D eigenvalue weighted by Gasteiger charge is 2.15. The highest BCUT2D eigenvalue weighted by Crippen LogP contribution is 2.18. The summed E-state index contributed by atoms with van der Waals surface area (Å²) in [5, 5.41) is 8.97. The third-order valence-corrected chi connectivity index (χ3v) is 2.43. The van der Waals surface area contributed by atoms with Gasteiger partial charge in [0.05, 0.1) is 18.2 Å². The van der Waals surface area contributed by atoms with Crippen molar-refractivity contribution in [1.82, 2.24) is 4.40 Å². The molecule has 0 aromatic carbocycles. The van der Waals surface area contributed by atoms with Gasteiger partial charge in [-0.1, -0.05) is 6.07 Å². The Kier molecular flexibility index (Phi) is 2.37. The maximum Gasteiger partial charge on any atom is 0.340 e. The molecule has 0 atom stereocenters. The highest BCUT2D eigenvalue weighted by molar-refractivity contribution is 5.98. The summed E-state index contributed by atoms with van der Waals surface area (Å²) in [4.78, 5) is 11.5. The molecule has 2 heterocycles. The van der Waals surface area contributed by atoms with E-state index in [2.05, 4.69) is 10.8 Å². The van der Waals surface area contributed by atoms with E-state index in [4.69, 9.17) is 5.26 Å². The van der Waals surface area contributed by atoms with Gasteiger partial charge in [0, 0.05) is 6.20 Å². The van der Waals surface area contributed by atoms with Crippen LogP contribution in [0.4, 0.5) is 0 Å². The second-order valence-electron chi connectivity index (χ2n) is 3.51. The number of hydrogen-bond donors (Lipinski definition) is 0. The molecule has 0 N–H and O–H groups in total. The zero-order valence-electron chi connectivity index (χ0n) is 9.02. The van der Waals surface area contributed by atoms with Gasteiger partial charge < -0.3 is 9.14 Å². The monoisotopic (exact) mass is 214 g/mol. The quantitative estimate of drug-likeness (QED) is 0.681. The lowest BCUT2D eigenvalue weighted by atomic mass is 10.2. The summed E-state index contributed by atoms with van der Waals surface area (Å²) in [6.07, 6.45) is 1.82. The fourth-order valence-corrected chi connectivity index (χ4v) is 1.67. The first-order valence-electron chi connectivity index (χ1n) is 4.77. The number of nitriles is 1. The molecule has 80 valence electrons. The fourth-order valence-electron chi connectivity index (χ4n) is 1.67. The van der Waals surface area contributed by atoms with Gasteiger partial charge in [-0.05, 0) is 24.6 Å². The summed E-state index contributed by atoms with van der Waals surface area (Å²) in [5.74, 6) is -0.428. The SMILES string of the molecule is COC(=O)c1cc(C#N)n2cc(C)ccc12. The fraction of sp³-hybridized carbons (Fsp3) is 0.167. The number of nitrogens with zero attached hydrogens (tertiary/aromatic N) is 2. The standard InChI is InChI=1S/C12H10N2O2/c1-8-3-4-11-10(12(15)16-2)5-9(6-13)14(11)7-8/h3-5,7H,1-2H3. The van der Waals surface area contributed by atoms with Crippen LogP contribution in [0.15, 0.2) is 24.4 Å². The summed E-state index contributed by atoms with van der Waals surface area (Å²) in [7, 11) is 1.33. The lowest BCUT2D eigenvalue weighted by Crippen LogP contribution is -2.00. The van der Waals surface area contributed by atoms with Crippen LogP contribution in [0.3, 0.4) is 0 Å².